The minimum Gasteiger partial charge on any atom is -0.437 e. The Morgan fingerprint density at radius 3 is 2.17 bits per heavy atom. The number of hydrogen-bond acceptors (Lipinski definition) is 6. The Labute approximate surface area is 204 Å². The van der Waals surface area contributed by atoms with Gasteiger partial charge in [-0.2, -0.15) is 13.2 Å². The first-order valence-corrected chi connectivity index (χ1v) is 11.7. The lowest BCUT2D eigenvalue weighted by Crippen LogP contribution is -2.17. The number of carbonyl (C=O) groups is 1. The van der Waals surface area contributed by atoms with Gasteiger partial charge in [0.15, 0.2) is 9.84 Å². The summed E-state index contributed by atoms with van der Waals surface area (Å²) in [5.74, 6) is -2.76. The quantitative estimate of drug-likeness (QED) is 0.370. The molecular weight excluding hydrogens is 542 g/mol. The van der Waals surface area contributed by atoms with Gasteiger partial charge in [0.25, 0.3) is 5.91 Å². The molecule has 0 aliphatic heterocycles. The Morgan fingerprint density at radius 2 is 1.64 bits per heavy atom. The van der Waals surface area contributed by atoms with Crippen molar-refractivity contribution in [1.29, 1.82) is 0 Å². The van der Waals surface area contributed by atoms with Crippen molar-refractivity contribution in [3.05, 3.63) is 70.9 Å². The highest BCUT2D eigenvalue weighted by molar-refractivity contribution is 7.90. The molecule has 0 saturated heterocycles. The molecule has 0 atom stereocenters. The number of carbonyl (C=O) groups excluding carboxylic acids is 1. The van der Waals surface area contributed by atoms with E-state index < -0.39 is 56.1 Å². The summed E-state index contributed by atoms with van der Waals surface area (Å²) >= 11 is 5.90. The molecule has 1 N–H and O–H groups in total. The Bertz CT molecular complexity index is 1390. The first-order chi connectivity index (χ1) is 16.5. The van der Waals surface area contributed by atoms with Crippen LogP contribution in [-0.2, 0) is 16.0 Å². The number of sulfone groups is 1. The largest absolute Gasteiger partial charge is 0.573 e. The third-order valence-corrected chi connectivity index (χ3v) is 5.73. The van der Waals surface area contributed by atoms with Crippen LogP contribution in [0.1, 0.15) is 15.9 Å². The lowest BCUT2D eigenvalue weighted by Gasteiger charge is -2.15. The van der Waals surface area contributed by atoms with Crippen LogP contribution in [0.3, 0.4) is 0 Å². The van der Waals surface area contributed by atoms with Crippen LogP contribution in [0, 0.1) is 0 Å². The highest BCUT2D eigenvalue weighted by atomic mass is 35.5. The maximum Gasteiger partial charge on any atom is 0.573 e. The van der Waals surface area contributed by atoms with E-state index in [1.54, 1.807) is 0 Å². The van der Waals surface area contributed by atoms with E-state index in [0.29, 0.717) is 12.3 Å². The molecule has 1 amide bonds. The normalized spacial score (nSPS) is 12.2. The summed E-state index contributed by atoms with van der Waals surface area (Å²) < 4.78 is 109. The summed E-state index contributed by atoms with van der Waals surface area (Å²) in [6.45, 7) is 0. The van der Waals surface area contributed by atoms with Gasteiger partial charge in [-0.3, -0.25) is 4.79 Å². The van der Waals surface area contributed by atoms with Crippen LogP contribution in [0.25, 0.3) is 0 Å². The summed E-state index contributed by atoms with van der Waals surface area (Å²) in [4.78, 5) is 16.2. The van der Waals surface area contributed by atoms with Crippen LogP contribution in [0.15, 0.2) is 59.6 Å². The van der Waals surface area contributed by atoms with Gasteiger partial charge < -0.3 is 14.8 Å². The summed E-state index contributed by atoms with van der Waals surface area (Å²) in [5, 5.41) is 1.88. The molecule has 3 aromatic rings. The Balaban J connectivity index is 1.94. The zero-order chi connectivity index (χ0) is 26.9. The van der Waals surface area contributed by atoms with E-state index in [1.807, 2.05) is 0 Å². The minimum absolute atomic E-state index is 0.0439. The predicted molar refractivity (Wildman–Crippen MR) is 115 cm³/mol. The number of aromatic nitrogens is 1. The Hall–Kier alpha value is -3.52. The number of benzene rings is 2. The van der Waals surface area contributed by atoms with Crippen LogP contribution >= 0.6 is 11.6 Å². The minimum atomic E-state index is -4.99. The van der Waals surface area contributed by atoms with E-state index in [2.05, 4.69) is 15.0 Å². The standard InChI is InChI=1S/C21H13ClF6N2O5S/c1-36(32,33)14-5-2-12(3-6-14)30-18(31)15-8-11(20(23,24)25)10-29-19(15)34-17-7-4-13(9-16(17)22)35-21(26,27)28/h2-10H,1H3,(H,30,31). The van der Waals surface area contributed by atoms with Crippen molar-refractivity contribution < 1.29 is 49.0 Å². The molecule has 0 radical (unpaired) electrons. The topological polar surface area (TPSA) is 94.6 Å². The fraction of sp³-hybridized carbons (Fsp3) is 0.143. The van der Waals surface area contributed by atoms with E-state index in [0.717, 1.165) is 24.5 Å². The van der Waals surface area contributed by atoms with Gasteiger partial charge >= 0.3 is 12.5 Å². The molecule has 0 bridgehead atoms. The lowest BCUT2D eigenvalue weighted by molar-refractivity contribution is -0.274. The van der Waals surface area contributed by atoms with Gasteiger partial charge in [-0.25, -0.2) is 13.4 Å². The molecule has 7 nitrogen and oxygen atoms in total. The van der Waals surface area contributed by atoms with Crippen LogP contribution in [0.2, 0.25) is 5.02 Å². The van der Waals surface area contributed by atoms with Gasteiger partial charge in [-0.05, 0) is 42.5 Å². The number of pyridine rings is 1. The molecule has 1 heterocycles. The monoisotopic (exact) mass is 554 g/mol. The average molecular weight is 555 g/mol. The van der Waals surface area contributed by atoms with E-state index >= 15 is 0 Å². The molecule has 0 unspecified atom stereocenters. The van der Waals surface area contributed by atoms with Gasteiger partial charge in [-0.15, -0.1) is 13.2 Å². The molecule has 3 rings (SSSR count). The van der Waals surface area contributed by atoms with Crippen molar-refractivity contribution in [3.8, 4) is 17.4 Å². The lowest BCUT2D eigenvalue weighted by atomic mass is 10.1. The van der Waals surface area contributed by atoms with E-state index in [9.17, 15) is 39.6 Å². The van der Waals surface area contributed by atoms with Crippen molar-refractivity contribution in [2.45, 2.75) is 17.4 Å². The zero-order valence-corrected chi connectivity index (χ0v) is 19.3. The fourth-order valence-corrected chi connectivity index (χ4v) is 3.54. The molecule has 2 aromatic carbocycles. The Morgan fingerprint density at radius 1 is 1.00 bits per heavy atom. The number of rotatable bonds is 6. The number of nitrogens with one attached hydrogen (secondary N) is 1. The van der Waals surface area contributed by atoms with E-state index in [1.165, 1.54) is 24.3 Å². The van der Waals surface area contributed by atoms with Crippen LogP contribution in [0.5, 0.6) is 17.4 Å². The van der Waals surface area contributed by atoms with Gasteiger partial charge in [0, 0.05) is 24.2 Å². The second-order valence-electron chi connectivity index (χ2n) is 7.07. The average Bonchev–Trinajstić information content (AvgIpc) is 2.73. The number of amides is 1. The molecule has 36 heavy (non-hydrogen) atoms. The summed E-state index contributed by atoms with van der Waals surface area (Å²) in [7, 11) is -3.53. The van der Waals surface area contributed by atoms with Gasteiger partial charge in [0.2, 0.25) is 5.88 Å². The number of hydrogen-bond donors (Lipinski definition) is 1. The van der Waals surface area contributed by atoms with Crippen molar-refractivity contribution in [2.24, 2.45) is 0 Å². The number of alkyl halides is 6. The molecule has 0 saturated carbocycles. The number of ether oxygens (including phenoxy) is 2. The third kappa shape index (κ3) is 7.01. The molecule has 0 fully saturated rings. The second-order valence-corrected chi connectivity index (χ2v) is 9.49. The molecule has 0 aliphatic carbocycles. The number of anilines is 1. The van der Waals surface area contributed by atoms with Crippen LogP contribution < -0.4 is 14.8 Å². The van der Waals surface area contributed by atoms with Crippen molar-refractivity contribution >= 4 is 33.0 Å². The highest BCUT2D eigenvalue weighted by Gasteiger charge is 2.34. The number of nitrogens with zero attached hydrogens (tertiary/aromatic N) is 1. The smallest absolute Gasteiger partial charge is 0.437 e. The van der Waals surface area contributed by atoms with Gasteiger partial charge in [0.05, 0.1) is 15.5 Å². The van der Waals surface area contributed by atoms with Gasteiger partial charge in [0.1, 0.15) is 17.1 Å². The SMILES string of the molecule is CS(=O)(=O)c1ccc(NC(=O)c2cc(C(F)(F)F)cnc2Oc2ccc(OC(F)(F)F)cc2Cl)cc1. The molecule has 0 aliphatic rings. The maximum atomic E-state index is 13.2. The third-order valence-electron chi connectivity index (χ3n) is 4.31. The zero-order valence-electron chi connectivity index (χ0n) is 17.7. The summed E-state index contributed by atoms with van der Waals surface area (Å²) in [6.07, 6.45) is -8.51. The van der Waals surface area contributed by atoms with E-state index in [-0.39, 0.29) is 16.3 Å². The Kier molecular flexibility index (Phi) is 7.41. The van der Waals surface area contributed by atoms with Gasteiger partial charge in [-0.1, -0.05) is 11.6 Å². The first kappa shape index (κ1) is 27.1. The predicted octanol–water partition coefficient (Wildman–Crippen LogP) is 6.10. The highest BCUT2D eigenvalue weighted by Crippen LogP contribution is 2.37. The van der Waals surface area contributed by atoms with Crippen LogP contribution in [0.4, 0.5) is 32.0 Å². The molecular formula is C21H13ClF6N2O5S. The van der Waals surface area contributed by atoms with Crippen molar-refractivity contribution in [3.63, 3.8) is 0 Å². The molecule has 0 spiro atoms. The van der Waals surface area contributed by atoms with Crippen LogP contribution in [-0.4, -0.2) is 31.9 Å². The molecule has 192 valence electrons. The second kappa shape index (κ2) is 9.85. The van der Waals surface area contributed by atoms with Crippen molar-refractivity contribution in [1.82, 2.24) is 4.98 Å². The molecule has 1 aromatic heterocycles. The number of halogens is 7. The maximum absolute atomic E-state index is 13.2. The first-order valence-electron chi connectivity index (χ1n) is 9.45. The van der Waals surface area contributed by atoms with E-state index in [4.69, 9.17) is 16.3 Å². The summed E-state index contributed by atoms with van der Waals surface area (Å²) in [6, 6.07) is 7.76. The molecule has 15 heteroatoms. The van der Waals surface area contributed by atoms with Crippen molar-refractivity contribution in [2.75, 3.05) is 11.6 Å². The summed E-state index contributed by atoms with van der Waals surface area (Å²) in [5.41, 5.74) is -1.93. The fourth-order valence-electron chi connectivity index (χ4n) is 2.70.